The maximum atomic E-state index is 12.9. The predicted octanol–water partition coefficient (Wildman–Crippen LogP) is 3.82. The fourth-order valence-corrected chi connectivity index (χ4v) is 3.42. The van der Waals surface area contributed by atoms with Crippen LogP contribution in [0.25, 0.3) is 0 Å². The Hall–Kier alpha value is -3.00. The molecule has 140 valence electrons. The summed E-state index contributed by atoms with van der Waals surface area (Å²) in [4.78, 5) is 4.12. The highest BCUT2D eigenvalue weighted by atomic mass is 32.2. The third kappa shape index (κ3) is 5.24. The van der Waals surface area contributed by atoms with Crippen molar-refractivity contribution >= 4 is 21.5 Å². The first-order valence-corrected chi connectivity index (χ1v) is 9.63. The Morgan fingerprint density at radius 1 is 0.852 bits per heavy atom. The molecule has 0 spiro atoms. The van der Waals surface area contributed by atoms with Gasteiger partial charge in [0.25, 0.3) is 10.0 Å². The van der Waals surface area contributed by atoms with E-state index in [2.05, 4.69) is 15.0 Å². The molecule has 0 unspecified atom stereocenters. The molecule has 5 nitrogen and oxygen atoms in total. The van der Waals surface area contributed by atoms with Gasteiger partial charge in [-0.3, -0.25) is 4.72 Å². The average molecular weight is 389 g/mol. The molecule has 3 rings (SSSR count). The van der Waals surface area contributed by atoms with Gasteiger partial charge in [0.2, 0.25) is 0 Å². The number of pyridine rings is 1. The van der Waals surface area contributed by atoms with Gasteiger partial charge in [-0.05, 0) is 60.5 Å². The fourth-order valence-electron chi connectivity index (χ4n) is 2.37. The highest BCUT2D eigenvalue weighted by molar-refractivity contribution is 7.92. The molecule has 3 aromatic rings. The molecule has 0 aliphatic carbocycles. The number of hydrogen-bond donors (Lipinski definition) is 2. The monoisotopic (exact) mass is 389 g/mol. The van der Waals surface area contributed by atoms with E-state index in [1.165, 1.54) is 30.5 Å². The minimum atomic E-state index is -3.81. The molecule has 0 fully saturated rings. The van der Waals surface area contributed by atoms with Gasteiger partial charge in [-0.25, -0.2) is 22.2 Å². The van der Waals surface area contributed by atoms with Gasteiger partial charge < -0.3 is 5.32 Å². The number of anilines is 2. The summed E-state index contributed by atoms with van der Waals surface area (Å²) < 4.78 is 52.7. The maximum Gasteiger partial charge on any atom is 0.261 e. The summed E-state index contributed by atoms with van der Waals surface area (Å²) in [5, 5.41) is 3.11. The van der Waals surface area contributed by atoms with Gasteiger partial charge in [0, 0.05) is 6.54 Å². The van der Waals surface area contributed by atoms with Gasteiger partial charge in [-0.15, -0.1) is 0 Å². The van der Waals surface area contributed by atoms with Crippen LogP contribution in [0.1, 0.15) is 5.56 Å². The number of hydrogen-bond acceptors (Lipinski definition) is 4. The molecule has 0 atom stereocenters. The van der Waals surface area contributed by atoms with E-state index in [-0.39, 0.29) is 10.7 Å². The number of rotatable bonds is 7. The summed E-state index contributed by atoms with van der Waals surface area (Å²) in [6, 6.07) is 14.0. The lowest BCUT2D eigenvalue weighted by molar-refractivity contribution is 0.599. The van der Waals surface area contributed by atoms with Crippen molar-refractivity contribution in [2.45, 2.75) is 11.3 Å². The molecule has 2 N–H and O–H groups in total. The van der Waals surface area contributed by atoms with Gasteiger partial charge in [-0.2, -0.15) is 0 Å². The van der Waals surface area contributed by atoms with Crippen LogP contribution in [-0.4, -0.2) is 19.9 Å². The summed E-state index contributed by atoms with van der Waals surface area (Å²) in [6.45, 7) is 0.597. The highest BCUT2D eigenvalue weighted by Crippen LogP contribution is 2.17. The van der Waals surface area contributed by atoms with Crippen LogP contribution in [0, 0.1) is 11.6 Å². The van der Waals surface area contributed by atoms with Gasteiger partial charge in [0.1, 0.15) is 17.5 Å². The van der Waals surface area contributed by atoms with Crippen LogP contribution in [0.4, 0.5) is 20.3 Å². The first-order valence-electron chi connectivity index (χ1n) is 8.15. The molecule has 2 aromatic carbocycles. The third-order valence-electron chi connectivity index (χ3n) is 3.77. The molecule has 27 heavy (non-hydrogen) atoms. The second kappa shape index (κ2) is 8.13. The Bertz CT molecular complexity index is 991. The van der Waals surface area contributed by atoms with Crippen LogP contribution in [0.3, 0.4) is 0 Å². The normalized spacial score (nSPS) is 11.2. The van der Waals surface area contributed by atoms with Crippen molar-refractivity contribution in [3.63, 3.8) is 0 Å². The number of halogens is 2. The highest BCUT2D eigenvalue weighted by Gasteiger charge is 2.14. The number of nitrogens with one attached hydrogen (secondary N) is 2. The lowest BCUT2D eigenvalue weighted by Crippen LogP contribution is -2.13. The number of sulfonamides is 1. The van der Waals surface area contributed by atoms with Crippen LogP contribution in [0.2, 0.25) is 0 Å². The Morgan fingerprint density at radius 3 is 2.07 bits per heavy atom. The summed E-state index contributed by atoms with van der Waals surface area (Å²) in [5.41, 5.74) is 1.29. The molecule has 0 aliphatic heterocycles. The lowest BCUT2D eigenvalue weighted by Gasteiger charge is -2.09. The molecule has 0 saturated heterocycles. The Kier molecular flexibility index (Phi) is 5.66. The van der Waals surface area contributed by atoms with Crippen molar-refractivity contribution in [1.82, 2.24) is 4.98 Å². The maximum absolute atomic E-state index is 12.9. The summed E-state index contributed by atoms with van der Waals surface area (Å²) in [7, 11) is -3.81. The van der Waals surface area contributed by atoms with Crippen molar-refractivity contribution in [3.05, 3.63) is 84.1 Å². The van der Waals surface area contributed by atoms with Gasteiger partial charge >= 0.3 is 0 Å². The quantitative estimate of drug-likeness (QED) is 0.645. The zero-order chi connectivity index (χ0) is 19.3. The molecule has 8 heteroatoms. The molecule has 1 aromatic heterocycles. The van der Waals surface area contributed by atoms with Gasteiger partial charge in [0.15, 0.2) is 0 Å². The molecule has 0 bridgehead atoms. The Morgan fingerprint density at radius 2 is 1.48 bits per heavy atom. The largest absolute Gasteiger partial charge is 0.370 e. The summed E-state index contributed by atoms with van der Waals surface area (Å²) in [6.07, 6.45) is 2.09. The molecular formula is C19H17F2N3O2S. The topological polar surface area (TPSA) is 71.1 Å². The van der Waals surface area contributed by atoms with Crippen LogP contribution in [0.15, 0.2) is 71.8 Å². The molecule has 0 amide bonds. The zero-order valence-corrected chi connectivity index (χ0v) is 15.0. The van der Waals surface area contributed by atoms with Crippen LogP contribution in [-0.2, 0) is 16.4 Å². The van der Waals surface area contributed by atoms with E-state index in [1.807, 2.05) is 0 Å². The standard InChI is InChI=1S/C19H17F2N3O2S/c20-15-3-1-14(2-4-15)11-12-22-19-10-7-17(13-23-19)24-27(25,26)18-8-5-16(21)6-9-18/h1-10,13,24H,11-12H2,(H,22,23). The summed E-state index contributed by atoms with van der Waals surface area (Å²) in [5.74, 6) is -0.194. The average Bonchev–Trinajstić information content (AvgIpc) is 2.65. The smallest absolute Gasteiger partial charge is 0.261 e. The SMILES string of the molecule is O=S(=O)(Nc1ccc(NCCc2ccc(F)cc2)nc1)c1ccc(F)cc1. The molecular weight excluding hydrogens is 372 g/mol. The third-order valence-corrected chi connectivity index (χ3v) is 5.17. The van der Waals surface area contributed by atoms with Crippen LogP contribution < -0.4 is 10.0 Å². The van der Waals surface area contributed by atoms with E-state index >= 15 is 0 Å². The van der Waals surface area contributed by atoms with Crippen molar-refractivity contribution in [2.24, 2.45) is 0 Å². The fraction of sp³-hybridized carbons (Fsp3) is 0.105. The van der Waals surface area contributed by atoms with Crippen LogP contribution in [0.5, 0.6) is 0 Å². The van der Waals surface area contributed by atoms with E-state index in [0.29, 0.717) is 24.5 Å². The lowest BCUT2D eigenvalue weighted by atomic mass is 10.1. The van der Waals surface area contributed by atoms with Gasteiger partial charge in [-0.1, -0.05) is 12.1 Å². The first kappa shape index (κ1) is 18.8. The predicted molar refractivity (Wildman–Crippen MR) is 100 cm³/mol. The summed E-state index contributed by atoms with van der Waals surface area (Å²) >= 11 is 0. The van der Waals surface area contributed by atoms with Crippen LogP contribution >= 0.6 is 0 Å². The Balaban J connectivity index is 1.56. The van der Waals surface area contributed by atoms with E-state index in [9.17, 15) is 17.2 Å². The Labute approximate surface area is 156 Å². The second-order valence-corrected chi connectivity index (χ2v) is 7.48. The van der Waals surface area contributed by atoms with E-state index in [4.69, 9.17) is 0 Å². The second-order valence-electron chi connectivity index (χ2n) is 5.79. The number of nitrogens with zero attached hydrogens (tertiary/aromatic N) is 1. The number of aromatic nitrogens is 1. The van der Waals surface area contributed by atoms with Gasteiger partial charge in [0.05, 0.1) is 16.8 Å². The molecule has 0 radical (unpaired) electrons. The van der Waals surface area contributed by atoms with Crippen molar-refractivity contribution in [3.8, 4) is 0 Å². The van der Waals surface area contributed by atoms with Crippen molar-refractivity contribution in [1.29, 1.82) is 0 Å². The zero-order valence-electron chi connectivity index (χ0n) is 14.2. The number of benzene rings is 2. The molecule has 0 saturated carbocycles. The van der Waals surface area contributed by atoms with Crippen molar-refractivity contribution < 1.29 is 17.2 Å². The minimum absolute atomic E-state index is 0.0367. The molecule has 1 heterocycles. The minimum Gasteiger partial charge on any atom is -0.370 e. The van der Waals surface area contributed by atoms with E-state index in [0.717, 1.165) is 17.7 Å². The van der Waals surface area contributed by atoms with Crippen molar-refractivity contribution in [2.75, 3.05) is 16.6 Å². The first-order chi connectivity index (χ1) is 12.9. The van der Waals surface area contributed by atoms with E-state index < -0.39 is 15.8 Å². The van der Waals surface area contributed by atoms with E-state index in [1.54, 1.807) is 24.3 Å². The molecule has 0 aliphatic rings.